The number of anilines is 1. The van der Waals surface area contributed by atoms with Crippen molar-refractivity contribution in [3.63, 3.8) is 0 Å². The highest BCUT2D eigenvalue weighted by molar-refractivity contribution is 7.77. The molecule has 2 N–H and O–H groups in total. The van der Waals surface area contributed by atoms with Crippen LogP contribution in [-0.2, 0) is 11.3 Å². The third-order valence-corrected chi connectivity index (χ3v) is 3.77. The maximum Gasteiger partial charge on any atom is 0.212 e. The highest BCUT2D eigenvalue weighted by Crippen LogP contribution is 2.21. The van der Waals surface area contributed by atoms with Crippen molar-refractivity contribution in [3.05, 3.63) is 59.7 Å². The Balaban J connectivity index is 2.15. The average Bonchev–Trinajstić information content (AvgIpc) is 2.82. The molecule has 0 saturated carbocycles. The predicted octanol–water partition coefficient (Wildman–Crippen LogP) is 1.49. The number of benzene rings is 2. The second-order valence-electron chi connectivity index (χ2n) is 4.38. The van der Waals surface area contributed by atoms with E-state index in [0.29, 0.717) is 16.6 Å². The van der Waals surface area contributed by atoms with Crippen LogP contribution in [-0.4, -0.2) is 23.5 Å². The first-order chi connectivity index (χ1) is 10.1. The van der Waals surface area contributed by atoms with Crippen LogP contribution in [0.4, 0.5) is 5.95 Å². The molecule has 0 fully saturated rings. The van der Waals surface area contributed by atoms with Crippen molar-refractivity contribution in [2.45, 2.75) is 0 Å². The molecule has 0 aliphatic carbocycles. The minimum absolute atomic E-state index is 0.136. The van der Waals surface area contributed by atoms with Gasteiger partial charge in [-0.25, -0.2) is 8.96 Å². The van der Waals surface area contributed by atoms with Crippen molar-refractivity contribution in [1.29, 1.82) is 0 Å². The van der Waals surface area contributed by atoms with Gasteiger partial charge in [0.25, 0.3) is 0 Å². The number of nitrogen functional groups attached to an aromatic ring is 1. The second kappa shape index (κ2) is 5.12. The molecular weight excluding hydrogens is 290 g/mol. The lowest BCUT2D eigenvalue weighted by atomic mass is 10.0. The largest absolute Gasteiger partial charge is 0.755 e. The lowest BCUT2D eigenvalue weighted by molar-refractivity contribution is 0.103. The van der Waals surface area contributed by atoms with E-state index in [1.807, 2.05) is 6.07 Å². The number of hydrogen-bond acceptors (Lipinski definition) is 5. The molecule has 3 rings (SSSR count). The number of rotatable bonds is 3. The lowest BCUT2D eigenvalue weighted by Crippen LogP contribution is -2.07. The summed E-state index contributed by atoms with van der Waals surface area (Å²) >= 11 is -2.58. The average molecular weight is 300 g/mol. The molecule has 1 aromatic heterocycles. The molecule has 3 aromatic rings. The van der Waals surface area contributed by atoms with Crippen LogP contribution in [0, 0.1) is 0 Å². The molecule has 0 aliphatic rings. The Labute approximate surface area is 122 Å². The highest BCUT2D eigenvalue weighted by atomic mass is 32.2. The van der Waals surface area contributed by atoms with Gasteiger partial charge in [-0.15, -0.1) is 0 Å². The maximum absolute atomic E-state index is 12.4. The van der Waals surface area contributed by atoms with E-state index in [2.05, 4.69) is 4.98 Å². The lowest BCUT2D eigenvalue weighted by Gasteiger charge is -2.09. The Kier molecular flexibility index (Phi) is 3.28. The fraction of sp³-hybridized carbons (Fsp3) is 0. The van der Waals surface area contributed by atoms with Crippen LogP contribution in [0.15, 0.2) is 48.5 Å². The van der Waals surface area contributed by atoms with E-state index in [4.69, 9.17) is 5.73 Å². The van der Waals surface area contributed by atoms with Gasteiger partial charge >= 0.3 is 0 Å². The first kappa shape index (κ1) is 13.5. The molecule has 21 heavy (non-hydrogen) atoms. The zero-order chi connectivity index (χ0) is 15.0. The molecule has 2 aromatic carbocycles. The summed E-state index contributed by atoms with van der Waals surface area (Å²) < 4.78 is 23.3. The van der Waals surface area contributed by atoms with Gasteiger partial charge in [-0.2, -0.15) is 0 Å². The molecule has 1 atom stereocenters. The van der Waals surface area contributed by atoms with Crippen molar-refractivity contribution in [2.75, 3.05) is 5.73 Å². The van der Waals surface area contributed by atoms with Crippen LogP contribution in [0.5, 0.6) is 0 Å². The summed E-state index contributed by atoms with van der Waals surface area (Å²) in [5.41, 5.74) is 7.17. The molecule has 6 nitrogen and oxygen atoms in total. The number of nitrogens with two attached hydrogens (primary N) is 1. The Hall–Kier alpha value is -2.51. The quantitative estimate of drug-likeness (QED) is 0.583. The summed E-state index contributed by atoms with van der Waals surface area (Å²) in [5.74, 6) is -0.330. The van der Waals surface area contributed by atoms with Gasteiger partial charge in [0.05, 0.1) is 22.3 Å². The van der Waals surface area contributed by atoms with Crippen molar-refractivity contribution in [1.82, 2.24) is 8.96 Å². The van der Waals surface area contributed by atoms with Gasteiger partial charge in [-0.05, 0) is 18.2 Å². The summed E-state index contributed by atoms with van der Waals surface area (Å²) in [6, 6.07) is 13.4. The van der Waals surface area contributed by atoms with Crippen LogP contribution in [0.2, 0.25) is 0 Å². The van der Waals surface area contributed by atoms with E-state index in [-0.39, 0.29) is 17.2 Å². The van der Waals surface area contributed by atoms with Gasteiger partial charge in [0.15, 0.2) is 5.78 Å². The smallest absolute Gasteiger partial charge is 0.212 e. The van der Waals surface area contributed by atoms with Crippen molar-refractivity contribution < 1.29 is 13.6 Å². The second-order valence-corrected chi connectivity index (χ2v) is 5.18. The number of nitrogens with zero attached hydrogens (tertiary/aromatic N) is 2. The molecule has 106 valence electrons. The van der Waals surface area contributed by atoms with Gasteiger partial charge in [0.2, 0.25) is 5.95 Å². The fourth-order valence-corrected chi connectivity index (χ4v) is 2.63. The number of hydrogen-bond donors (Lipinski definition) is 1. The molecular formula is C14H10N3O3S-. The number of ketones is 1. The molecule has 0 spiro atoms. The van der Waals surface area contributed by atoms with Crippen LogP contribution < -0.4 is 5.73 Å². The fourth-order valence-electron chi connectivity index (χ4n) is 2.13. The van der Waals surface area contributed by atoms with E-state index < -0.39 is 11.3 Å². The van der Waals surface area contributed by atoms with E-state index >= 15 is 0 Å². The summed E-state index contributed by atoms with van der Waals surface area (Å²) in [4.78, 5) is 16.3. The zero-order valence-electron chi connectivity index (χ0n) is 10.7. The van der Waals surface area contributed by atoms with Crippen LogP contribution in [0.25, 0.3) is 11.0 Å². The van der Waals surface area contributed by atoms with Crippen molar-refractivity contribution in [2.24, 2.45) is 0 Å². The van der Waals surface area contributed by atoms with Crippen molar-refractivity contribution in [3.8, 4) is 0 Å². The number of aromatic nitrogens is 2. The summed E-state index contributed by atoms with van der Waals surface area (Å²) in [6.45, 7) is 0. The van der Waals surface area contributed by atoms with E-state index in [1.165, 1.54) is 6.07 Å². The van der Waals surface area contributed by atoms with E-state index in [9.17, 15) is 13.6 Å². The zero-order valence-corrected chi connectivity index (χ0v) is 11.5. The van der Waals surface area contributed by atoms with Gasteiger partial charge in [-0.3, -0.25) is 9.00 Å². The monoisotopic (exact) mass is 300 g/mol. The van der Waals surface area contributed by atoms with Crippen LogP contribution in [0.1, 0.15) is 15.9 Å². The minimum Gasteiger partial charge on any atom is -0.755 e. The van der Waals surface area contributed by atoms with E-state index in [0.717, 1.165) is 3.97 Å². The highest BCUT2D eigenvalue weighted by Gasteiger charge is 2.13. The van der Waals surface area contributed by atoms with Crippen LogP contribution >= 0.6 is 0 Å². The van der Waals surface area contributed by atoms with Gasteiger partial charge in [0.1, 0.15) is 0 Å². The number of imidazole rings is 1. The Morgan fingerprint density at radius 2 is 1.86 bits per heavy atom. The summed E-state index contributed by atoms with van der Waals surface area (Å²) in [6.07, 6.45) is 0. The third kappa shape index (κ3) is 2.32. The van der Waals surface area contributed by atoms with Gasteiger partial charge < -0.3 is 10.3 Å². The normalized spacial score (nSPS) is 12.4. The molecule has 0 amide bonds. The summed E-state index contributed by atoms with van der Waals surface area (Å²) in [5, 5.41) is 0. The molecule has 1 heterocycles. The van der Waals surface area contributed by atoms with E-state index in [1.54, 1.807) is 36.4 Å². The van der Waals surface area contributed by atoms with Crippen molar-refractivity contribution >= 4 is 34.0 Å². The standard InChI is InChI=1S/C14H11N3O3S/c15-14-16-11-7-6-10(8-12(11)17(14)21(19)20)13(18)9-4-2-1-3-5-9/h1-8H,(H2,15,16)(H,19,20)/p-1. The van der Waals surface area contributed by atoms with Gasteiger partial charge in [-0.1, -0.05) is 30.3 Å². The number of carbonyl (C=O) groups excluding carboxylic acids is 1. The molecule has 0 radical (unpaired) electrons. The molecule has 7 heteroatoms. The number of fused-ring (bicyclic) bond motifs is 1. The molecule has 0 aliphatic heterocycles. The Morgan fingerprint density at radius 1 is 1.14 bits per heavy atom. The summed E-state index contributed by atoms with van der Waals surface area (Å²) in [7, 11) is 0. The Morgan fingerprint density at radius 3 is 2.52 bits per heavy atom. The molecule has 0 saturated heterocycles. The maximum atomic E-state index is 12.4. The number of carbonyl (C=O) groups is 1. The molecule has 0 bridgehead atoms. The SMILES string of the molecule is Nc1nc2ccc(C(=O)c3ccccc3)cc2n1S(=O)[O-]. The predicted molar refractivity (Wildman–Crippen MR) is 78.3 cm³/mol. The van der Waals surface area contributed by atoms with Crippen LogP contribution in [0.3, 0.4) is 0 Å². The topological polar surface area (TPSA) is 101 Å². The third-order valence-electron chi connectivity index (χ3n) is 3.08. The first-order valence-corrected chi connectivity index (χ1v) is 7.08. The van der Waals surface area contributed by atoms with Gasteiger partial charge in [0, 0.05) is 11.1 Å². The minimum atomic E-state index is -2.58. The Bertz CT molecular complexity index is 859. The molecule has 1 unspecified atom stereocenters. The first-order valence-electron chi connectivity index (χ1n) is 6.05.